The maximum Gasteiger partial charge on any atom is 0.417 e. The Bertz CT molecular complexity index is 1320. The van der Waals surface area contributed by atoms with Crippen molar-refractivity contribution in [3.63, 3.8) is 0 Å². The predicted octanol–water partition coefficient (Wildman–Crippen LogP) is 4.88. The normalized spacial score (nSPS) is 16.4. The topological polar surface area (TPSA) is 72.6 Å². The number of fused-ring (bicyclic) bond motifs is 1. The fraction of sp³-hybridized carbons (Fsp3) is 0.280. The molecular weight excluding hydrogens is 459 g/mol. The maximum absolute atomic E-state index is 13.9. The molecule has 1 aliphatic heterocycles. The molecule has 1 saturated heterocycles. The number of carbonyl (C=O) groups is 1. The van der Waals surface area contributed by atoms with Gasteiger partial charge in [-0.1, -0.05) is 12.1 Å². The predicted molar refractivity (Wildman–Crippen MR) is 122 cm³/mol. The highest BCUT2D eigenvalue weighted by atomic mass is 19.4. The van der Waals surface area contributed by atoms with Gasteiger partial charge in [-0.05, 0) is 49.6 Å². The average Bonchev–Trinajstić information content (AvgIpc) is 3.27. The number of rotatable bonds is 5. The molecule has 1 amide bonds. The van der Waals surface area contributed by atoms with Crippen LogP contribution < -0.4 is 4.74 Å². The summed E-state index contributed by atoms with van der Waals surface area (Å²) in [5, 5.41) is 0. The molecular formula is C25H22F3N5O2. The van der Waals surface area contributed by atoms with E-state index < -0.39 is 11.7 Å². The number of likely N-dealkylation sites (tertiary alicyclic amines) is 1. The van der Waals surface area contributed by atoms with Gasteiger partial charge in [-0.25, -0.2) is 9.97 Å². The van der Waals surface area contributed by atoms with Crippen molar-refractivity contribution in [1.29, 1.82) is 0 Å². The van der Waals surface area contributed by atoms with Gasteiger partial charge in [-0.15, -0.1) is 0 Å². The molecule has 0 unspecified atom stereocenters. The van der Waals surface area contributed by atoms with Gasteiger partial charge in [-0.2, -0.15) is 13.2 Å². The molecule has 1 fully saturated rings. The number of hydrogen-bond donors (Lipinski definition) is 0. The molecule has 5 heterocycles. The Kier molecular flexibility index (Phi) is 6.10. The van der Waals surface area contributed by atoms with Gasteiger partial charge in [0.1, 0.15) is 23.6 Å². The van der Waals surface area contributed by atoms with Gasteiger partial charge in [0.25, 0.3) is 5.91 Å². The molecule has 1 atom stereocenters. The standard InChI is InChI=1S/C25H22F3N5O2/c26-25(27,28)17-10-11-21(30-15-17)35-16-18-7-2-5-13-32(18)24(34)23-22(19-8-1-4-12-29-19)31-20-9-3-6-14-33(20)23/h1,3-4,6,8-12,14-15,18H,2,5,7,13,16H2/t18-/m0/s1. The van der Waals surface area contributed by atoms with Crippen LogP contribution >= 0.6 is 0 Å². The molecule has 0 aliphatic carbocycles. The van der Waals surface area contributed by atoms with Crippen molar-refractivity contribution in [2.45, 2.75) is 31.5 Å². The van der Waals surface area contributed by atoms with Crippen LogP contribution in [0, 0.1) is 0 Å². The van der Waals surface area contributed by atoms with E-state index in [1.807, 2.05) is 30.3 Å². The fourth-order valence-corrected chi connectivity index (χ4v) is 4.27. The smallest absolute Gasteiger partial charge is 0.417 e. The number of alkyl halides is 3. The molecule has 0 N–H and O–H groups in total. The van der Waals surface area contributed by atoms with Crippen LogP contribution in [0.3, 0.4) is 0 Å². The van der Waals surface area contributed by atoms with Gasteiger partial charge in [-0.3, -0.25) is 14.2 Å². The Hall–Kier alpha value is -3.95. The van der Waals surface area contributed by atoms with E-state index >= 15 is 0 Å². The molecule has 1 aliphatic rings. The molecule has 0 radical (unpaired) electrons. The fourth-order valence-electron chi connectivity index (χ4n) is 4.27. The first-order valence-corrected chi connectivity index (χ1v) is 11.3. The summed E-state index contributed by atoms with van der Waals surface area (Å²) in [4.78, 5) is 28.5. The first-order valence-electron chi connectivity index (χ1n) is 11.3. The van der Waals surface area contributed by atoms with E-state index in [-0.39, 0.29) is 24.4 Å². The average molecular weight is 481 g/mol. The Morgan fingerprint density at radius 2 is 1.91 bits per heavy atom. The molecule has 0 bridgehead atoms. The number of piperidine rings is 1. The van der Waals surface area contributed by atoms with E-state index in [9.17, 15) is 18.0 Å². The van der Waals surface area contributed by atoms with Gasteiger partial charge in [0.15, 0.2) is 0 Å². The number of amides is 1. The Balaban J connectivity index is 1.41. The first kappa shape index (κ1) is 22.8. The summed E-state index contributed by atoms with van der Waals surface area (Å²) in [6.07, 6.45) is 2.21. The summed E-state index contributed by atoms with van der Waals surface area (Å²) < 4.78 is 45.9. The van der Waals surface area contributed by atoms with Crippen LogP contribution in [0.5, 0.6) is 5.88 Å². The second-order valence-corrected chi connectivity index (χ2v) is 8.29. The Morgan fingerprint density at radius 1 is 1.06 bits per heavy atom. The Morgan fingerprint density at radius 3 is 2.66 bits per heavy atom. The van der Waals surface area contributed by atoms with Crippen molar-refractivity contribution < 1.29 is 22.7 Å². The number of aromatic nitrogens is 4. The summed E-state index contributed by atoms with van der Waals surface area (Å²) in [5.74, 6) is -0.113. The van der Waals surface area contributed by atoms with Crippen LogP contribution in [0.4, 0.5) is 13.2 Å². The van der Waals surface area contributed by atoms with Crippen molar-refractivity contribution in [2.24, 2.45) is 0 Å². The van der Waals surface area contributed by atoms with Crippen molar-refractivity contribution in [3.05, 3.63) is 78.4 Å². The van der Waals surface area contributed by atoms with E-state index in [0.29, 0.717) is 35.7 Å². The quantitative estimate of drug-likeness (QED) is 0.406. The van der Waals surface area contributed by atoms with E-state index in [4.69, 9.17) is 4.74 Å². The van der Waals surface area contributed by atoms with E-state index in [0.717, 1.165) is 25.1 Å². The number of carbonyl (C=O) groups excluding carboxylic acids is 1. The summed E-state index contributed by atoms with van der Waals surface area (Å²) >= 11 is 0. The SMILES string of the molecule is O=C(c1c(-c2ccccn2)nc2ccccn12)N1CCCC[C@H]1COc1ccc(C(F)(F)F)cn1. The number of halogens is 3. The molecule has 180 valence electrons. The largest absolute Gasteiger partial charge is 0.475 e. The van der Waals surface area contributed by atoms with E-state index in [1.54, 1.807) is 27.8 Å². The number of hydrogen-bond acceptors (Lipinski definition) is 5. The van der Waals surface area contributed by atoms with E-state index in [1.165, 1.54) is 6.07 Å². The zero-order chi connectivity index (χ0) is 24.4. The highest BCUT2D eigenvalue weighted by molar-refractivity contribution is 5.99. The summed E-state index contributed by atoms with van der Waals surface area (Å²) in [6, 6.07) is 12.8. The molecule has 7 nitrogen and oxygen atoms in total. The maximum atomic E-state index is 13.9. The molecule has 10 heteroatoms. The van der Waals surface area contributed by atoms with Crippen LogP contribution in [-0.4, -0.2) is 49.4 Å². The lowest BCUT2D eigenvalue weighted by molar-refractivity contribution is -0.137. The molecule has 0 aromatic carbocycles. The number of imidazole rings is 1. The van der Waals surface area contributed by atoms with Crippen molar-refractivity contribution in [1.82, 2.24) is 24.3 Å². The highest BCUT2D eigenvalue weighted by Crippen LogP contribution is 2.30. The number of pyridine rings is 3. The summed E-state index contributed by atoms with van der Waals surface area (Å²) in [5.41, 5.74) is 1.30. The number of nitrogens with zero attached hydrogens (tertiary/aromatic N) is 5. The molecule has 0 saturated carbocycles. The van der Waals surface area contributed by atoms with Crippen LogP contribution in [-0.2, 0) is 6.18 Å². The van der Waals surface area contributed by atoms with Gasteiger partial charge >= 0.3 is 6.18 Å². The molecule has 5 rings (SSSR count). The second-order valence-electron chi connectivity index (χ2n) is 8.29. The minimum absolute atomic E-state index is 0.0833. The third-order valence-corrected chi connectivity index (χ3v) is 6.02. The van der Waals surface area contributed by atoms with Crippen molar-refractivity contribution in [2.75, 3.05) is 13.2 Å². The lowest BCUT2D eigenvalue weighted by Gasteiger charge is -2.35. The summed E-state index contributed by atoms with van der Waals surface area (Å²) in [6.45, 7) is 0.661. The first-order chi connectivity index (χ1) is 16.9. The van der Waals surface area contributed by atoms with Crippen LogP contribution in [0.15, 0.2) is 67.1 Å². The van der Waals surface area contributed by atoms with Gasteiger partial charge in [0, 0.05) is 31.2 Å². The second kappa shape index (κ2) is 9.36. The Labute approximate surface area is 199 Å². The molecule has 4 aromatic heterocycles. The molecule has 35 heavy (non-hydrogen) atoms. The monoisotopic (exact) mass is 481 g/mol. The number of ether oxygens (including phenoxy) is 1. The van der Waals surface area contributed by atoms with Crippen LogP contribution in [0.25, 0.3) is 17.0 Å². The summed E-state index contributed by atoms with van der Waals surface area (Å²) in [7, 11) is 0. The highest BCUT2D eigenvalue weighted by Gasteiger charge is 2.33. The van der Waals surface area contributed by atoms with Gasteiger partial charge in [0.2, 0.25) is 5.88 Å². The minimum Gasteiger partial charge on any atom is -0.475 e. The van der Waals surface area contributed by atoms with Crippen molar-refractivity contribution in [3.8, 4) is 17.3 Å². The zero-order valence-electron chi connectivity index (χ0n) is 18.7. The van der Waals surface area contributed by atoms with Gasteiger partial charge in [0.05, 0.1) is 17.3 Å². The van der Waals surface area contributed by atoms with Gasteiger partial charge < -0.3 is 9.64 Å². The van der Waals surface area contributed by atoms with Crippen LogP contribution in [0.1, 0.15) is 35.3 Å². The minimum atomic E-state index is -4.46. The molecule has 0 spiro atoms. The third-order valence-electron chi connectivity index (χ3n) is 6.02. The lowest BCUT2D eigenvalue weighted by Crippen LogP contribution is -2.47. The van der Waals surface area contributed by atoms with Crippen molar-refractivity contribution >= 4 is 11.6 Å². The molecule has 4 aromatic rings. The third kappa shape index (κ3) is 4.68. The van der Waals surface area contributed by atoms with E-state index in [2.05, 4.69) is 15.0 Å². The zero-order valence-corrected chi connectivity index (χ0v) is 18.7. The lowest BCUT2D eigenvalue weighted by atomic mass is 10.0. The van der Waals surface area contributed by atoms with Crippen LogP contribution in [0.2, 0.25) is 0 Å².